The Hall–Kier alpha value is -3.59. The minimum absolute atomic E-state index is 0.333. The Balaban J connectivity index is 0.000000501. The van der Waals surface area contributed by atoms with Gasteiger partial charge in [-0.2, -0.15) is 0 Å². The van der Waals surface area contributed by atoms with E-state index in [4.69, 9.17) is 24.5 Å². The van der Waals surface area contributed by atoms with Crippen LogP contribution in [0.5, 0.6) is 0 Å². The zero-order chi connectivity index (χ0) is 23.0. The Bertz CT molecular complexity index is 869. The molecule has 0 aliphatic carbocycles. The summed E-state index contributed by atoms with van der Waals surface area (Å²) in [5.74, 6) is -3.65. The maximum absolute atomic E-state index is 12.9. The largest absolute Gasteiger partial charge is 0.473 e. The van der Waals surface area contributed by atoms with E-state index in [1.807, 2.05) is 55.6 Å². The fraction of sp³-hybridized carbons (Fsp3) is 0.318. The molecule has 1 amide bonds. The van der Waals surface area contributed by atoms with Crippen LogP contribution >= 0.6 is 0 Å². The number of hydrogen-bond donors (Lipinski definition) is 2. The van der Waals surface area contributed by atoms with Gasteiger partial charge in [-0.05, 0) is 37.4 Å². The molecule has 0 radical (unpaired) electrons. The lowest BCUT2D eigenvalue weighted by Crippen LogP contribution is -2.35. The molecule has 0 bridgehead atoms. The summed E-state index contributed by atoms with van der Waals surface area (Å²) in [6, 6.07) is 15.8. The molecule has 2 aromatic rings. The molecule has 0 saturated carbocycles. The van der Waals surface area contributed by atoms with Gasteiger partial charge in [0, 0.05) is 13.6 Å². The Morgan fingerprint density at radius 1 is 0.839 bits per heavy atom. The molecule has 1 heterocycles. The van der Waals surface area contributed by atoms with Crippen LogP contribution in [0.25, 0.3) is 0 Å². The van der Waals surface area contributed by atoms with Gasteiger partial charge in [0.1, 0.15) is 6.61 Å². The van der Waals surface area contributed by atoms with Gasteiger partial charge in [-0.25, -0.2) is 19.3 Å². The third-order valence-electron chi connectivity index (χ3n) is 4.86. The number of anilines is 4. The molecule has 0 atom stereocenters. The summed E-state index contributed by atoms with van der Waals surface area (Å²) >= 11 is 0. The number of carbonyl (C=O) groups excluding carboxylic acids is 1. The van der Waals surface area contributed by atoms with Gasteiger partial charge in [0.25, 0.3) is 0 Å². The van der Waals surface area contributed by atoms with Crippen LogP contribution in [-0.4, -0.2) is 66.4 Å². The molecule has 2 aromatic carbocycles. The van der Waals surface area contributed by atoms with Gasteiger partial charge in [0.05, 0.1) is 22.7 Å². The number of hydrogen-bond acceptors (Lipinski definition) is 6. The molecule has 2 N–H and O–H groups in total. The van der Waals surface area contributed by atoms with Crippen molar-refractivity contribution in [1.82, 2.24) is 4.90 Å². The lowest BCUT2D eigenvalue weighted by molar-refractivity contribution is -0.159. The van der Waals surface area contributed by atoms with E-state index in [-0.39, 0.29) is 6.09 Å². The van der Waals surface area contributed by atoms with Crippen molar-refractivity contribution < 1.29 is 29.3 Å². The van der Waals surface area contributed by atoms with Crippen molar-refractivity contribution in [1.29, 1.82) is 0 Å². The van der Waals surface area contributed by atoms with Crippen molar-refractivity contribution in [3.63, 3.8) is 0 Å². The van der Waals surface area contributed by atoms with E-state index in [9.17, 15) is 4.79 Å². The number of carbonyl (C=O) groups is 3. The summed E-state index contributed by atoms with van der Waals surface area (Å²) in [5, 5.41) is 14.8. The fourth-order valence-corrected chi connectivity index (χ4v) is 3.20. The van der Waals surface area contributed by atoms with Crippen LogP contribution in [0.4, 0.5) is 27.5 Å². The summed E-state index contributed by atoms with van der Waals surface area (Å²) in [5.41, 5.74) is 3.66. The number of amides is 1. The molecule has 0 unspecified atom stereocenters. The van der Waals surface area contributed by atoms with Crippen LogP contribution in [0, 0.1) is 0 Å². The van der Waals surface area contributed by atoms with Crippen LogP contribution in [-0.2, 0) is 14.3 Å². The van der Waals surface area contributed by atoms with Crippen LogP contribution in [0.3, 0.4) is 0 Å². The highest BCUT2D eigenvalue weighted by Gasteiger charge is 2.31. The number of para-hydroxylation sites is 4. The Morgan fingerprint density at radius 2 is 1.26 bits per heavy atom. The summed E-state index contributed by atoms with van der Waals surface area (Å²) in [6.45, 7) is 7.26. The van der Waals surface area contributed by atoms with E-state index in [2.05, 4.69) is 23.6 Å². The normalized spacial score (nSPS) is 11.7. The number of likely N-dealkylation sites (N-methyl/N-ethyl adjacent to an activating group) is 1. The molecule has 1 aliphatic rings. The lowest BCUT2D eigenvalue weighted by atomic mass is 10.1. The molecule has 166 valence electrons. The van der Waals surface area contributed by atoms with Crippen molar-refractivity contribution in [3.05, 3.63) is 48.5 Å². The predicted molar refractivity (Wildman–Crippen MR) is 117 cm³/mol. The predicted octanol–water partition coefficient (Wildman–Crippen LogP) is 3.54. The van der Waals surface area contributed by atoms with Crippen LogP contribution < -0.4 is 9.80 Å². The van der Waals surface area contributed by atoms with Crippen molar-refractivity contribution in [2.45, 2.75) is 13.8 Å². The molecule has 9 heteroatoms. The average molecular weight is 429 g/mol. The van der Waals surface area contributed by atoms with Crippen LogP contribution in [0.2, 0.25) is 0 Å². The molecular formula is C22H27N3O6. The molecular weight excluding hydrogens is 402 g/mol. The first-order valence-electron chi connectivity index (χ1n) is 9.89. The summed E-state index contributed by atoms with van der Waals surface area (Å²) in [7, 11) is 2.01. The number of rotatable bonds is 5. The van der Waals surface area contributed by atoms with Gasteiger partial charge in [-0.3, -0.25) is 0 Å². The van der Waals surface area contributed by atoms with Gasteiger partial charge in [0.15, 0.2) is 0 Å². The number of nitrogens with zero attached hydrogens (tertiary/aromatic N) is 3. The maximum Gasteiger partial charge on any atom is 0.419 e. The molecule has 0 spiro atoms. The minimum atomic E-state index is -1.82. The van der Waals surface area contributed by atoms with Crippen LogP contribution in [0.15, 0.2) is 48.5 Å². The van der Waals surface area contributed by atoms with E-state index in [0.717, 1.165) is 42.4 Å². The molecule has 0 aromatic heterocycles. The highest BCUT2D eigenvalue weighted by Crippen LogP contribution is 2.46. The summed E-state index contributed by atoms with van der Waals surface area (Å²) < 4.78 is 5.59. The molecule has 1 aliphatic heterocycles. The van der Waals surface area contributed by atoms with Gasteiger partial charge in [-0.15, -0.1) is 0 Å². The minimum Gasteiger partial charge on any atom is -0.473 e. The number of benzene rings is 2. The average Bonchev–Trinajstić information content (AvgIpc) is 2.77. The third-order valence-corrected chi connectivity index (χ3v) is 4.86. The van der Waals surface area contributed by atoms with Gasteiger partial charge >= 0.3 is 18.0 Å². The highest BCUT2D eigenvalue weighted by atomic mass is 16.6. The van der Waals surface area contributed by atoms with Crippen molar-refractivity contribution in [2.24, 2.45) is 0 Å². The molecule has 9 nitrogen and oxygen atoms in total. The first-order chi connectivity index (χ1) is 14.8. The number of fused-ring (bicyclic) bond motifs is 2. The molecule has 0 fully saturated rings. The standard InChI is InChI=1S/C20H25N3O2.C2H2O4/c1-4-22(5-2)14-15-25-20(24)23-18-12-8-6-10-16(18)21(3)17-11-7-9-13-19(17)23;3-1(4)2(5)6/h6-13H,4-5,14-15H2,1-3H3;(H,3,4)(H,5,6). The van der Waals surface area contributed by atoms with E-state index < -0.39 is 11.9 Å². The Morgan fingerprint density at radius 3 is 1.65 bits per heavy atom. The fourth-order valence-electron chi connectivity index (χ4n) is 3.20. The number of carboxylic acid groups (broad SMARTS) is 2. The van der Waals surface area contributed by atoms with Crippen molar-refractivity contribution >= 4 is 40.8 Å². The first kappa shape index (κ1) is 23.7. The van der Waals surface area contributed by atoms with Crippen molar-refractivity contribution in [2.75, 3.05) is 43.1 Å². The van der Waals surface area contributed by atoms with Gasteiger partial charge < -0.3 is 24.7 Å². The second-order valence-corrected chi connectivity index (χ2v) is 6.62. The molecule has 0 saturated heterocycles. The molecule has 3 rings (SSSR count). The van der Waals surface area contributed by atoms with E-state index in [0.29, 0.717) is 6.61 Å². The van der Waals surface area contributed by atoms with Crippen molar-refractivity contribution in [3.8, 4) is 0 Å². The quantitative estimate of drug-likeness (QED) is 0.695. The zero-order valence-electron chi connectivity index (χ0n) is 17.8. The highest BCUT2D eigenvalue weighted by molar-refractivity contribution is 6.27. The van der Waals surface area contributed by atoms with Gasteiger partial charge in [-0.1, -0.05) is 38.1 Å². The molecule has 31 heavy (non-hydrogen) atoms. The van der Waals surface area contributed by atoms with Crippen LogP contribution in [0.1, 0.15) is 13.8 Å². The maximum atomic E-state index is 12.9. The lowest BCUT2D eigenvalue weighted by Gasteiger charge is -2.36. The topological polar surface area (TPSA) is 111 Å². The second kappa shape index (κ2) is 11.0. The zero-order valence-corrected chi connectivity index (χ0v) is 17.8. The SMILES string of the molecule is CCN(CC)CCOC(=O)N1c2ccccc2N(C)c2ccccc21.O=C(O)C(=O)O. The van der Waals surface area contributed by atoms with E-state index in [1.165, 1.54) is 0 Å². The number of ether oxygens (including phenoxy) is 1. The smallest absolute Gasteiger partial charge is 0.419 e. The monoisotopic (exact) mass is 429 g/mol. The first-order valence-corrected chi connectivity index (χ1v) is 9.89. The number of aliphatic carboxylic acids is 2. The number of carboxylic acids is 2. The summed E-state index contributed by atoms with van der Waals surface area (Å²) in [4.78, 5) is 37.1. The Kier molecular flexibility index (Phi) is 8.39. The van der Waals surface area contributed by atoms with Gasteiger partial charge in [0.2, 0.25) is 0 Å². The van der Waals surface area contributed by atoms with E-state index in [1.54, 1.807) is 4.90 Å². The van der Waals surface area contributed by atoms with E-state index >= 15 is 0 Å². The third kappa shape index (κ3) is 5.73. The summed E-state index contributed by atoms with van der Waals surface area (Å²) in [6.07, 6.45) is -0.333. The Labute approximate surface area is 181 Å². The second-order valence-electron chi connectivity index (χ2n) is 6.62.